The lowest BCUT2D eigenvalue weighted by Crippen LogP contribution is -2.41. The van der Waals surface area contributed by atoms with Gasteiger partial charge in [-0.1, -0.05) is 31.5 Å². The van der Waals surface area contributed by atoms with E-state index in [1.54, 1.807) is 0 Å². The Morgan fingerprint density at radius 3 is 2.74 bits per heavy atom. The van der Waals surface area contributed by atoms with Crippen LogP contribution >= 0.6 is 11.8 Å². The fourth-order valence-electron chi connectivity index (χ4n) is 3.13. The van der Waals surface area contributed by atoms with E-state index in [2.05, 4.69) is 42.2 Å². The van der Waals surface area contributed by atoms with Gasteiger partial charge < -0.3 is 5.73 Å². The molecule has 1 aromatic carbocycles. The second kappa shape index (κ2) is 7.93. The Kier molecular flexibility index (Phi) is 6.21. The van der Waals surface area contributed by atoms with Crippen LogP contribution in [0.1, 0.15) is 26.2 Å². The number of nitrogens with two attached hydrogens (primary N) is 1. The van der Waals surface area contributed by atoms with E-state index in [0.717, 1.165) is 25.0 Å². The van der Waals surface area contributed by atoms with Crippen LogP contribution in [0.5, 0.6) is 0 Å². The van der Waals surface area contributed by atoms with Crippen molar-refractivity contribution >= 4 is 11.8 Å². The van der Waals surface area contributed by atoms with E-state index in [4.69, 9.17) is 5.73 Å². The van der Waals surface area contributed by atoms with Crippen LogP contribution in [-0.2, 0) is 0 Å². The predicted molar refractivity (Wildman–Crippen MR) is 84.6 cm³/mol. The molecule has 2 unspecified atom stereocenters. The summed E-state index contributed by atoms with van der Waals surface area (Å²) in [5, 5.41) is 0. The normalized spacial score (nSPS) is 23.1. The molecule has 106 valence electrons. The molecule has 0 aliphatic heterocycles. The Balaban J connectivity index is 1.79. The summed E-state index contributed by atoms with van der Waals surface area (Å²) in [7, 11) is 0. The zero-order valence-corrected chi connectivity index (χ0v) is 12.7. The smallest absolute Gasteiger partial charge is 0.0136 e. The molecule has 2 atom stereocenters. The van der Waals surface area contributed by atoms with Gasteiger partial charge in [0, 0.05) is 23.2 Å². The number of benzene rings is 1. The van der Waals surface area contributed by atoms with Crippen molar-refractivity contribution < 1.29 is 0 Å². The molecule has 3 heteroatoms. The van der Waals surface area contributed by atoms with E-state index >= 15 is 0 Å². The quantitative estimate of drug-likeness (QED) is 0.777. The van der Waals surface area contributed by atoms with Gasteiger partial charge in [-0.25, -0.2) is 0 Å². The minimum absolute atomic E-state index is 0.724. The van der Waals surface area contributed by atoms with Crippen molar-refractivity contribution in [3.8, 4) is 0 Å². The molecule has 2 N–H and O–H groups in total. The maximum atomic E-state index is 5.90. The van der Waals surface area contributed by atoms with E-state index in [1.807, 2.05) is 11.8 Å². The summed E-state index contributed by atoms with van der Waals surface area (Å²) in [6, 6.07) is 11.4. The average Bonchev–Trinajstić information content (AvgIpc) is 2.93. The molecule has 1 fully saturated rings. The maximum absolute atomic E-state index is 5.90. The zero-order chi connectivity index (χ0) is 13.5. The van der Waals surface area contributed by atoms with Gasteiger partial charge in [0.2, 0.25) is 0 Å². The van der Waals surface area contributed by atoms with Crippen molar-refractivity contribution in [3.05, 3.63) is 30.3 Å². The highest BCUT2D eigenvalue weighted by Gasteiger charge is 2.29. The Bertz CT molecular complexity index is 355. The van der Waals surface area contributed by atoms with Crippen molar-refractivity contribution in [2.45, 2.75) is 37.1 Å². The summed E-state index contributed by atoms with van der Waals surface area (Å²) in [6.45, 7) is 5.46. The van der Waals surface area contributed by atoms with Gasteiger partial charge in [-0.2, -0.15) is 0 Å². The summed E-state index contributed by atoms with van der Waals surface area (Å²) < 4.78 is 0. The summed E-state index contributed by atoms with van der Waals surface area (Å²) >= 11 is 1.96. The molecule has 2 nitrogen and oxygen atoms in total. The molecule has 1 aromatic rings. The zero-order valence-electron chi connectivity index (χ0n) is 11.9. The predicted octanol–water partition coefficient (Wildman–Crippen LogP) is 3.23. The summed E-state index contributed by atoms with van der Waals surface area (Å²) in [4.78, 5) is 4.01. The molecular weight excluding hydrogens is 252 g/mol. The van der Waals surface area contributed by atoms with Crippen LogP contribution in [0.2, 0.25) is 0 Å². The lowest BCUT2D eigenvalue weighted by Gasteiger charge is -2.31. The van der Waals surface area contributed by atoms with Crippen molar-refractivity contribution in [1.82, 2.24) is 4.90 Å². The maximum Gasteiger partial charge on any atom is 0.0136 e. The van der Waals surface area contributed by atoms with Crippen molar-refractivity contribution in [3.63, 3.8) is 0 Å². The molecule has 0 spiro atoms. The number of hydrogen-bond acceptors (Lipinski definition) is 3. The first kappa shape index (κ1) is 14.9. The van der Waals surface area contributed by atoms with Crippen molar-refractivity contribution in [1.29, 1.82) is 0 Å². The minimum atomic E-state index is 0.724. The van der Waals surface area contributed by atoms with Crippen molar-refractivity contribution in [2.75, 3.05) is 25.4 Å². The monoisotopic (exact) mass is 278 g/mol. The van der Waals surface area contributed by atoms with Crippen LogP contribution in [0.15, 0.2) is 35.2 Å². The molecule has 0 amide bonds. The van der Waals surface area contributed by atoms with Gasteiger partial charge in [0.05, 0.1) is 0 Å². The fraction of sp³-hybridized carbons (Fsp3) is 0.625. The molecule has 0 bridgehead atoms. The van der Waals surface area contributed by atoms with Crippen LogP contribution in [0.4, 0.5) is 0 Å². The average molecular weight is 278 g/mol. The molecule has 2 rings (SSSR count). The lowest BCUT2D eigenvalue weighted by molar-refractivity contribution is 0.181. The van der Waals surface area contributed by atoms with E-state index in [0.29, 0.717) is 0 Å². The van der Waals surface area contributed by atoms with E-state index in [-0.39, 0.29) is 0 Å². The first-order valence-electron chi connectivity index (χ1n) is 7.47. The van der Waals surface area contributed by atoms with Crippen molar-refractivity contribution in [2.24, 2.45) is 11.7 Å². The second-order valence-electron chi connectivity index (χ2n) is 5.28. The topological polar surface area (TPSA) is 29.3 Å². The van der Waals surface area contributed by atoms with Crippen LogP contribution in [0, 0.1) is 5.92 Å². The molecule has 1 saturated carbocycles. The third-order valence-corrected chi connectivity index (χ3v) is 5.18. The van der Waals surface area contributed by atoms with E-state index in [1.165, 1.54) is 36.5 Å². The van der Waals surface area contributed by atoms with E-state index in [9.17, 15) is 0 Å². The number of nitrogens with zero attached hydrogens (tertiary/aromatic N) is 1. The highest BCUT2D eigenvalue weighted by molar-refractivity contribution is 7.99. The Morgan fingerprint density at radius 2 is 2.05 bits per heavy atom. The molecule has 0 heterocycles. The minimum Gasteiger partial charge on any atom is -0.330 e. The van der Waals surface area contributed by atoms with Gasteiger partial charge in [-0.15, -0.1) is 11.8 Å². The van der Waals surface area contributed by atoms with Gasteiger partial charge in [0.15, 0.2) is 0 Å². The van der Waals surface area contributed by atoms with Gasteiger partial charge in [0.25, 0.3) is 0 Å². The Morgan fingerprint density at radius 1 is 1.26 bits per heavy atom. The first-order valence-corrected chi connectivity index (χ1v) is 8.45. The molecule has 1 aliphatic rings. The number of thioether (sulfide) groups is 1. The Hall–Kier alpha value is -0.510. The summed E-state index contributed by atoms with van der Waals surface area (Å²) in [5.41, 5.74) is 5.90. The fourth-order valence-corrected chi connectivity index (χ4v) is 4.04. The second-order valence-corrected chi connectivity index (χ2v) is 6.45. The Labute approximate surface area is 121 Å². The van der Waals surface area contributed by atoms with Crippen LogP contribution in [0.3, 0.4) is 0 Å². The standard InChI is InChI=1S/C16H26N2S/c1-2-18(16-10-6-7-14(16)13-17)11-12-19-15-8-4-3-5-9-15/h3-5,8-9,14,16H,2,6-7,10-13,17H2,1H3. The SMILES string of the molecule is CCN(CCSc1ccccc1)C1CCCC1CN. The molecule has 1 aliphatic carbocycles. The number of rotatable bonds is 7. The highest BCUT2D eigenvalue weighted by Crippen LogP contribution is 2.29. The third kappa shape index (κ3) is 4.23. The molecule has 0 saturated heterocycles. The van der Waals surface area contributed by atoms with E-state index < -0.39 is 0 Å². The number of hydrogen-bond donors (Lipinski definition) is 1. The molecular formula is C16H26N2S. The molecule has 0 radical (unpaired) electrons. The van der Waals surface area contributed by atoms with Crippen LogP contribution < -0.4 is 5.73 Å². The molecule has 19 heavy (non-hydrogen) atoms. The van der Waals surface area contributed by atoms with Gasteiger partial charge in [0.1, 0.15) is 0 Å². The highest BCUT2D eigenvalue weighted by atomic mass is 32.2. The van der Waals surface area contributed by atoms with Gasteiger partial charge in [-0.05, 0) is 44.0 Å². The van der Waals surface area contributed by atoms with Crippen LogP contribution in [0.25, 0.3) is 0 Å². The summed E-state index contributed by atoms with van der Waals surface area (Å²) in [6.07, 6.45) is 4.02. The first-order chi connectivity index (χ1) is 9.35. The lowest BCUT2D eigenvalue weighted by atomic mass is 10.0. The molecule has 0 aromatic heterocycles. The third-order valence-electron chi connectivity index (χ3n) is 4.19. The van der Waals surface area contributed by atoms with Gasteiger partial charge in [-0.3, -0.25) is 4.90 Å². The largest absolute Gasteiger partial charge is 0.330 e. The van der Waals surface area contributed by atoms with Crippen LogP contribution in [-0.4, -0.2) is 36.3 Å². The summed E-state index contributed by atoms with van der Waals surface area (Å²) in [5.74, 6) is 1.90. The van der Waals surface area contributed by atoms with Gasteiger partial charge >= 0.3 is 0 Å².